The minimum absolute atomic E-state index is 0.0665. The fraction of sp³-hybridized carbons (Fsp3) is 1.00. The molecule has 0 spiro atoms. The van der Waals surface area contributed by atoms with E-state index in [2.05, 4.69) is 0 Å². The Labute approximate surface area is 58.5 Å². The van der Waals surface area contributed by atoms with Crippen molar-refractivity contribution in [3.05, 3.63) is 0 Å². The zero-order chi connectivity index (χ0) is 7.33. The van der Waals surface area contributed by atoms with Crippen molar-refractivity contribution in [1.29, 1.82) is 0 Å². The highest BCUT2D eigenvalue weighted by Crippen LogP contribution is 2.18. The summed E-state index contributed by atoms with van der Waals surface area (Å²) in [6.07, 6.45) is 0. The second-order valence-electron chi connectivity index (χ2n) is 2.82. The lowest BCUT2D eigenvalue weighted by atomic mass is 9.97. The Morgan fingerprint density at radius 2 is 2.11 bits per heavy atom. The molecule has 0 aromatic carbocycles. The van der Waals surface area contributed by atoms with Crippen LogP contribution in [0.2, 0.25) is 0 Å². The zero-order valence-electron chi connectivity index (χ0n) is 6.27. The third-order valence-corrected chi connectivity index (χ3v) is 1.47. The maximum Gasteiger partial charge on any atom is 0.0578 e. The van der Waals surface area contributed by atoms with Gasteiger partial charge in [-0.15, -0.1) is 0 Å². The predicted octanol–water partition coefficient (Wildman–Crippen LogP) is 1.24. The van der Waals surface area contributed by atoms with Crippen LogP contribution in [0, 0.1) is 5.41 Å². The SMILES string of the molecule is CPOCC(C)(C)CO. The van der Waals surface area contributed by atoms with Crippen LogP contribution in [0.5, 0.6) is 0 Å². The smallest absolute Gasteiger partial charge is 0.0578 e. The van der Waals surface area contributed by atoms with Gasteiger partial charge in [-0.2, -0.15) is 0 Å². The Morgan fingerprint density at radius 1 is 1.56 bits per heavy atom. The third-order valence-electron chi connectivity index (χ3n) is 1.04. The fourth-order valence-corrected chi connectivity index (χ4v) is 0.848. The fourth-order valence-electron chi connectivity index (χ4n) is 0.313. The molecule has 0 radical (unpaired) electrons. The molecule has 0 saturated carbocycles. The van der Waals surface area contributed by atoms with E-state index in [0.717, 1.165) is 0 Å². The highest BCUT2D eigenvalue weighted by molar-refractivity contribution is 7.31. The van der Waals surface area contributed by atoms with Crippen molar-refractivity contribution in [3.8, 4) is 0 Å². The number of hydrogen-bond acceptors (Lipinski definition) is 2. The molecule has 0 aromatic heterocycles. The molecule has 9 heavy (non-hydrogen) atoms. The van der Waals surface area contributed by atoms with Gasteiger partial charge < -0.3 is 9.63 Å². The van der Waals surface area contributed by atoms with Gasteiger partial charge in [0, 0.05) is 14.2 Å². The van der Waals surface area contributed by atoms with Gasteiger partial charge in [-0.25, -0.2) is 0 Å². The summed E-state index contributed by atoms with van der Waals surface area (Å²) < 4.78 is 5.16. The number of rotatable bonds is 4. The maximum atomic E-state index is 8.74. The minimum Gasteiger partial charge on any atom is -0.396 e. The molecule has 1 N–H and O–H groups in total. The van der Waals surface area contributed by atoms with Crippen LogP contribution in [0.15, 0.2) is 0 Å². The summed E-state index contributed by atoms with van der Waals surface area (Å²) >= 11 is 0. The molecule has 0 amide bonds. The molecule has 1 unspecified atom stereocenters. The van der Waals surface area contributed by atoms with Gasteiger partial charge in [0.1, 0.15) is 0 Å². The lowest BCUT2D eigenvalue weighted by Gasteiger charge is -2.20. The van der Waals surface area contributed by atoms with Crippen LogP contribution in [0.3, 0.4) is 0 Å². The van der Waals surface area contributed by atoms with E-state index in [1.54, 1.807) is 0 Å². The van der Waals surface area contributed by atoms with E-state index in [1.807, 2.05) is 20.5 Å². The molecule has 0 heterocycles. The summed E-state index contributed by atoms with van der Waals surface area (Å²) in [7, 11) is 0.523. The molecule has 56 valence electrons. The van der Waals surface area contributed by atoms with Crippen molar-refractivity contribution in [1.82, 2.24) is 0 Å². The molecule has 0 fully saturated rings. The van der Waals surface area contributed by atoms with Gasteiger partial charge in [-0.1, -0.05) is 13.8 Å². The summed E-state index contributed by atoms with van der Waals surface area (Å²) in [5, 5.41) is 8.74. The van der Waals surface area contributed by atoms with E-state index < -0.39 is 0 Å². The van der Waals surface area contributed by atoms with Gasteiger partial charge in [-0.05, 0) is 6.66 Å². The van der Waals surface area contributed by atoms with E-state index in [4.69, 9.17) is 9.63 Å². The predicted molar refractivity (Wildman–Crippen MR) is 41.1 cm³/mol. The largest absolute Gasteiger partial charge is 0.396 e. The molecule has 2 nitrogen and oxygen atoms in total. The molecule has 0 saturated heterocycles. The van der Waals surface area contributed by atoms with Gasteiger partial charge in [0.05, 0.1) is 13.2 Å². The number of aliphatic hydroxyl groups is 1. The van der Waals surface area contributed by atoms with Crippen LogP contribution in [0.4, 0.5) is 0 Å². The third kappa shape index (κ3) is 4.83. The highest BCUT2D eigenvalue weighted by Gasteiger charge is 2.15. The Balaban J connectivity index is 3.33. The molecule has 1 atom stereocenters. The zero-order valence-corrected chi connectivity index (χ0v) is 7.27. The summed E-state index contributed by atoms with van der Waals surface area (Å²) in [5.74, 6) is 0. The van der Waals surface area contributed by atoms with Gasteiger partial charge in [0.25, 0.3) is 0 Å². The van der Waals surface area contributed by atoms with E-state index in [1.165, 1.54) is 0 Å². The lowest BCUT2D eigenvalue weighted by Crippen LogP contribution is -2.21. The molecular formula is C6H15O2P. The minimum atomic E-state index is -0.0665. The van der Waals surface area contributed by atoms with E-state index in [0.29, 0.717) is 15.4 Å². The number of hydrogen-bond donors (Lipinski definition) is 1. The van der Waals surface area contributed by atoms with Gasteiger partial charge in [0.2, 0.25) is 0 Å². The summed E-state index contributed by atoms with van der Waals surface area (Å²) in [4.78, 5) is 0. The monoisotopic (exact) mass is 150 g/mol. The molecule has 0 rings (SSSR count). The molecular weight excluding hydrogens is 135 g/mol. The summed E-state index contributed by atoms with van der Waals surface area (Å²) in [6.45, 7) is 6.78. The van der Waals surface area contributed by atoms with E-state index in [9.17, 15) is 0 Å². The molecule has 0 bridgehead atoms. The highest BCUT2D eigenvalue weighted by atomic mass is 31.1. The number of aliphatic hydroxyl groups excluding tert-OH is 1. The first-order chi connectivity index (χ1) is 4.12. The average Bonchev–Trinajstić information content (AvgIpc) is 1.84. The Kier molecular flexibility index (Phi) is 4.37. The molecule has 0 aliphatic heterocycles. The second-order valence-corrected chi connectivity index (χ2v) is 3.51. The van der Waals surface area contributed by atoms with Crippen molar-refractivity contribution < 1.29 is 9.63 Å². The average molecular weight is 150 g/mol. The van der Waals surface area contributed by atoms with Gasteiger partial charge in [0.15, 0.2) is 0 Å². The standard InChI is InChI=1S/C6H15O2P/c1-6(2,4-7)5-8-9-3/h7,9H,4-5H2,1-3H3. The van der Waals surface area contributed by atoms with Crippen LogP contribution >= 0.6 is 8.81 Å². The van der Waals surface area contributed by atoms with Crippen molar-refractivity contribution in [2.24, 2.45) is 5.41 Å². The molecule has 0 aliphatic rings. The van der Waals surface area contributed by atoms with Crippen molar-refractivity contribution in [3.63, 3.8) is 0 Å². The van der Waals surface area contributed by atoms with Crippen LogP contribution in [0.1, 0.15) is 13.8 Å². The normalized spacial score (nSPS) is 13.3. The Hall–Kier alpha value is 0.350. The first kappa shape index (κ1) is 9.35. The second kappa shape index (κ2) is 4.21. The first-order valence-electron chi connectivity index (χ1n) is 3.02. The van der Waals surface area contributed by atoms with Crippen LogP contribution in [0.25, 0.3) is 0 Å². The lowest BCUT2D eigenvalue weighted by molar-refractivity contribution is 0.106. The van der Waals surface area contributed by atoms with Crippen LogP contribution in [-0.2, 0) is 4.52 Å². The Bertz CT molecular complexity index is 73.5. The van der Waals surface area contributed by atoms with Gasteiger partial charge >= 0.3 is 0 Å². The Morgan fingerprint density at radius 3 is 2.44 bits per heavy atom. The first-order valence-corrected chi connectivity index (χ1v) is 4.42. The summed E-state index contributed by atoms with van der Waals surface area (Å²) in [5.41, 5.74) is -0.0665. The van der Waals surface area contributed by atoms with Crippen LogP contribution in [-0.4, -0.2) is 25.0 Å². The summed E-state index contributed by atoms with van der Waals surface area (Å²) in [6, 6.07) is 0. The van der Waals surface area contributed by atoms with Gasteiger partial charge in [-0.3, -0.25) is 0 Å². The molecule has 0 aromatic rings. The molecule has 3 heteroatoms. The maximum absolute atomic E-state index is 8.74. The van der Waals surface area contributed by atoms with E-state index in [-0.39, 0.29) is 12.0 Å². The van der Waals surface area contributed by atoms with E-state index >= 15 is 0 Å². The van der Waals surface area contributed by atoms with Crippen molar-refractivity contribution in [2.45, 2.75) is 13.8 Å². The van der Waals surface area contributed by atoms with Crippen molar-refractivity contribution in [2.75, 3.05) is 19.9 Å². The topological polar surface area (TPSA) is 29.5 Å². The molecule has 0 aliphatic carbocycles. The van der Waals surface area contributed by atoms with Crippen molar-refractivity contribution >= 4 is 8.81 Å². The van der Waals surface area contributed by atoms with Crippen LogP contribution < -0.4 is 0 Å². The quantitative estimate of drug-likeness (QED) is 0.611.